The van der Waals surface area contributed by atoms with Crippen LogP contribution in [0.3, 0.4) is 0 Å². The highest BCUT2D eigenvalue weighted by atomic mass is 19.4. The van der Waals surface area contributed by atoms with Crippen LogP contribution in [0, 0.1) is 21.7 Å². The molecule has 14 rings (SSSR count). The van der Waals surface area contributed by atoms with Crippen molar-refractivity contribution in [3.05, 3.63) is 237 Å². The Balaban J connectivity index is 0.000000150. The van der Waals surface area contributed by atoms with Gasteiger partial charge in [-0.25, -0.2) is 0 Å². The van der Waals surface area contributed by atoms with Crippen LogP contribution in [-0.2, 0) is 86.2 Å². The first-order valence-corrected chi connectivity index (χ1v) is 39.5. The lowest BCUT2D eigenvalue weighted by molar-refractivity contribution is -0.241. The van der Waals surface area contributed by atoms with Gasteiger partial charge in [0.2, 0.25) is 0 Å². The van der Waals surface area contributed by atoms with Crippen molar-refractivity contribution in [2.45, 2.75) is 246 Å². The molecule has 6 aliphatic rings. The molecule has 114 heavy (non-hydrogen) atoms. The van der Waals surface area contributed by atoms with Crippen LogP contribution in [0.15, 0.2) is 170 Å². The van der Waals surface area contributed by atoms with Crippen LogP contribution in [0.2, 0.25) is 0 Å². The standard InChI is InChI=1S/C25H27F3O2.C24H25F3O2.C23H25F3O2.C22H23F3O2/c1-3-23(2,25(26,27)28)22(29)30-24(13-7-4-8-14-24)19-11-12-21-18(16-19)15-17-9-5-6-10-20(17)21;1-3-22(2,24(25,26)27)21(28)29-23(12-6-7-13-23)18-10-11-20-17(15-18)14-16-8-4-5-9-19(16)20;1-5-21(3,23(24,25)26)20(27)28-22(4,6-2)17-11-12-19-16(14-17)13-15-9-7-8-10-18(15)19;1-5-21(4,22(23,24)25)19(26)27-20(2,3)16-10-11-18-15(13-16)12-14-8-6-7-9-17(14)18/h5-6,9-12,16H,3-4,7-8,13-15H2,1-2H3;4-5,8-11,15H,3,6-7,12-14H2,1-2H3;7-12,14H,5-6,13H2,1-4H3;6-11,13H,5,12H2,1-4H3. The monoisotopic (exact) mass is 1580 g/mol. The molecular formula is C94H100F12O8. The van der Waals surface area contributed by atoms with Crippen molar-refractivity contribution in [1.29, 1.82) is 0 Å². The topological polar surface area (TPSA) is 105 Å². The Morgan fingerprint density at radius 2 is 0.561 bits per heavy atom. The third kappa shape index (κ3) is 16.2. The number of ether oxygens (including phenoxy) is 4. The van der Waals surface area contributed by atoms with Crippen molar-refractivity contribution in [2.75, 3.05) is 0 Å². The first-order chi connectivity index (χ1) is 53.4. The molecule has 5 unspecified atom stereocenters. The van der Waals surface area contributed by atoms with E-state index in [2.05, 4.69) is 48.5 Å². The fourth-order valence-electron chi connectivity index (χ4n) is 16.3. The van der Waals surface area contributed by atoms with Gasteiger partial charge in [0.1, 0.15) is 22.4 Å². The molecule has 8 aromatic rings. The quantitative estimate of drug-likeness (QED) is 0.0504. The Morgan fingerprint density at radius 1 is 0.298 bits per heavy atom. The zero-order valence-corrected chi connectivity index (χ0v) is 66.7. The highest BCUT2D eigenvalue weighted by Crippen LogP contribution is 2.54. The largest absolute Gasteiger partial charge is 0.454 e. The Morgan fingerprint density at radius 3 is 0.877 bits per heavy atom. The lowest BCUT2D eigenvalue weighted by Crippen LogP contribution is -2.47. The molecule has 5 atom stereocenters. The molecule has 6 aliphatic carbocycles. The van der Waals surface area contributed by atoms with E-state index in [0.717, 1.165) is 147 Å². The summed E-state index contributed by atoms with van der Waals surface area (Å²) in [6.45, 7) is 15.9. The number of carbonyl (C=O) groups excluding carboxylic acids is 4. The maximum Gasteiger partial charge on any atom is 0.404 e. The normalized spacial score (nSPS) is 18.0. The number of carbonyl (C=O) groups is 4. The Labute approximate surface area is 660 Å². The summed E-state index contributed by atoms with van der Waals surface area (Å²) in [6.07, 6.45) is -9.98. The second-order valence-electron chi connectivity index (χ2n) is 33.0. The second-order valence-corrected chi connectivity index (χ2v) is 33.0. The van der Waals surface area contributed by atoms with Crippen LogP contribution >= 0.6 is 0 Å². The van der Waals surface area contributed by atoms with E-state index in [1.54, 1.807) is 20.8 Å². The van der Waals surface area contributed by atoms with Gasteiger partial charge in [-0.05, 0) is 269 Å². The second kappa shape index (κ2) is 32.1. The molecule has 0 spiro atoms. The minimum Gasteiger partial charge on any atom is -0.454 e. The summed E-state index contributed by atoms with van der Waals surface area (Å²) in [7, 11) is 0. The summed E-state index contributed by atoms with van der Waals surface area (Å²) in [6, 6.07) is 56.1. The molecule has 8 nitrogen and oxygen atoms in total. The SMILES string of the molecule is CCC(C)(C(=O)OC(C)(C)c1ccc2c(c1)Cc1ccccc1-2)C(F)(F)F.CCC(C)(C(=O)OC1(c2ccc3c(c2)Cc2ccccc2-3)CCCC1)C(F)(F)F.CCC(C)(C(=O)OC1(c2ccc3c(c2)Cc2ccccc2-3)CCCCC1)C(F)(F)F.CCC(C)(OC(=O)C(C)(CC)C(F)(F)F)c1ccc2c(c1)Cc1ccccc1-2. The van der Waals surface area contributed by atoms with Crippen molar-refractivity contribution >= 4 is 23.9 Å². The molecule has 0 aromatic heterocycles. The molecule has 0 aliphatic heterocycles. The molecule has 0 saturated heterocycles. The summed E-state index contributed by atoms with van der Waals surface area (Å²) in [5, 5.41) is 0. The summed E-state index contributed by atoms with van der Waals surface area (Å²) in [4.78, 5) is 50.6. The number of halogens is 12. The van der Waals surface area contributed by atoms with Crippen molar-refractivity contribution in [3.8, 4) is 44.5 Å². The molecule has 8 aromatic carbocycles. The van der Waals surface area contributed by atoms with E-state index in [0.29, 0.717) is 37.7 Å². The number of hydrogen-bond donors (Lipinski definition) is 0. The third-order valence-corrected chi connectivity index (χ3v) is 25.7. The first kappa shape index (κ1) is 85.7. The number of rotatable bonds is 17. The van der Waals surface area contributed by atoms with Gasteiger partial charge in [0.15, 0.2) is 21.7 Å². The van der Waals surface area contributed by atoms with Crippen LogP contribution in [0.4, 0.5) is 52.7 Å². The molecule has 0 amide bonds. The highest BCUT2D eigenvalue weighted by molar-refractivity contribution is 5.83. The lowest BCUT2D eigenvalue weighted by Gasteiger charge is -2.40. The van der Waals surface area contributed by atoms with Gasteiger partial charge in [0.05, 0.1) is 0 Å². The van der Waals surface area contributed by atoms with Crippen LogP contribution in [0.1, 0.15) is 240 Å². The van der Waals surface area contributed by atoms with Crippen LogP contribution < -0.4 is 0 Å². The van der Waals surface area contributed by atoms with Crippen molar-refractivity contribution in [1.82, 2.24) is 0 Å². The van der Waals surface area contributed by atoms with Gasteiger partial charge in [-0.1, -0.05) is 211 Å². The first-order valence-electron chi connectivity index (χ1n) is 39.5. The predicted molar refractivity (Wildman–Crippen MR) is 416 cm³/mol. The van der Waals surface area contributed by atoms with E-state index >= 15 is 0 Å². The van der Waals surface area contributed by atoms with E-state index in [1.165, 1.54) is 72.2 Å². The summed E-state index contributed by atoms with van der Waals surface area (Å²) < 4.78 is 185. The fraction of sp³-hybridized carbons (Fsp3) is 0.447. The molecular weight excluding hydrogens is 1490 g/mol. The molecule has 0 heterocycles. The summed E-state index contributed by atoms with van der Waals surface area (Å²) in [5.41, 5.74) is 7.46. The highest BCUT2D eigenvalue weighted by Gasteiger charge is 2.62. The molecule has 2 fully saturated rings. The maximum atomic E-state index is 13.7. The minimum atomic E-state index is -4.66. The van der Waals surface area contributed by atoms with Gasteiger partial charge in [0.25, 0.3) is 0 Å². The van der Waals surface area contributed by atoms with Gasteiger partial charge in [-0.15, -0.1) is 0 Å². The zero-order valence-electron chi connectivity index (χ0n) is 66.7. The summed E-state index contributed by atoms with van der Waals surface area (Å²) >= 11 is 0. The minimum absolute atomic E-state index is 0.342. The van der Waals surface area contributed by atoms with Crippen molar-refractivity contribution in [3.63, 3.8) is 0 Å². The van der Waals surface area contributed by atoms with Crippen LogP contribution in [0.25, 0.3) is 44.5 Å². The Bertz CT molecular complexity index is 4900. The lowest BCUT2D eigenvalue weighted by atomic mass is 9.78. The van der Waals surface area contributed by atoms with Crippen LogP contribution in [-0.4, -0.2) is 48.6 Å². The zero-order chi connectivity index (χ0) is 83.2. The number of esters is 4. The molecule has 20 heteroatoms. The van der Waals surface area contributed by atoms with E-state index in [9.17, 15) is 71.9 Å². The van der Waals surface area contributed by atoms with E-state index in [-0.39, 0.29) is 25.7 Å². The Kier molecular flexibility index (Phi) is 24.1. The maximum absolute atomic E-state index is 13.7. The number of hydrogen-bond acceptors (Lipinski definition) is 8. The average Bonchev–Trinajstić information content (AvgIpc) is 1.61. The molecule has 0 bridgehead atoms. The van der Waals surface area contributed by atoms with Gasteiger partial charge >= 0.3 is 48.6 Å². The smallest absolute Gasteiger partial charge is 0.404 e. The number of alkyl halides is 12. The molecule has 2 saturated carbocycles. The molecule has 0 N–H and O–H groups in total. The van der Waals surface area contributed by atoms with E-state index < -0.39 is 92.6 Å². The number of fused-ring (bicyclic) bond motifs is 12. The van der Waals surface area contributed by atoms with Gasteiger partial charge in [0, 0.05) is 0 Å². The van der Waals surface area contributed by atoms with Gasteiger partial charge in [-0.2, -0.15) is 52.7 Å². The number of benzene rings is 8. The van der Waals surface area contributed by atoms with Crippen molar-refractivity contribution in [2.24, 2.45) is 21.7 Å². The molecule has 608 valence electrons. The van der Waals surface area contributed by atoms with Gasteiger partial charge < -0.3 is 18.9 Å². The summed E-state index contributed by atoms with van der Waals surface area (Å²) in [5.74, 6) is -4.80. The van der Waals surface area contributed by atoms with Gasteiger partial charge in [-0.3, -0.25) is 19.2 Å². The van der Waals surface area contributed by atoms with Crippen molar-refractivity contribution < 1.29 is 90.8 Å². The Hall–Kier alpha value is -9.20. The average molecular weight is 1590 g/mol. The van der Waals surface area contributed by atoms with E-state index in [4.69, 9.17) is 18.9 Å². The predicted octanol–water partition coefficient (Wildman–Crippen LogP) is 25.9. The fourth-order valence-corrected chi connectivity index (χ4v) is 16.3. The van der Waals surface area contributed by atoms with E-state index in [1.807, 2.05) is 128 Å². The van der Waals surface area contributed by atoms with Crippen LogP contribution in [0.5, 0.6) is 0 Å². The third-order valence-electron chi connectivity index (χ3n) is 25.7. The molecule has 0 radical (unpaired) electrons.